The van der Waals surface area contributed by atoms with Crippen molar-refractivity contribution in [2.45, 2.75) is 26.3 Å². The maximum Gasteiger partial charge on any atom is 0.274 e. The van der Waals surface area contributed by atoms with Crippen LogP contribution in [0.5, 0.6) is 0 Å². The van der Waals surface area contributed by atoms with Gasteiger partial charge in [-0.2, -0.15) is 0 Å². The lowest BCUT2D eigenvalue weighted by molar-refractivity contribution is 0.00325. The molecule has 1 aromatic rings. The smallest absolute Gasteiger partial charge is 0.274 e. The van der Waals surface area contributed by atoms with Gasteiger partial charge >= 0.3 is 0 Å². The zero-order valence-electron chi connectivity index (χ0n) is 11.4. The van der Waals surface area contributed by atoms with Crippen LogP contribution in [0.4, 0.5) is 5.82 Å². The van der Waals surface area contributed by atoms with Gasteiger partial charge in [-0.3, -0.25) is 4.79 Å². The Morgan fingerprint density at radius 2 is 2.37 bits per heavy atom. The van der Waals surface area contributed by atoms with Crippen molar-refractivity contribution in [2.24, 2.45) is 0 Å². The molecule has 1 aliphatic heterocycles. The molecule has 6 nitrogen and oxygen atoms in total. The third kappa shape index (κ3) is 3.41. The fraction of sp³-hybridized carbons (Fsp3) is 0.615. The van der Waals surface area contributed by atoms with E-state index in [0.29, 0.717) is 31.3 Å². The van der Waals surface area contributed by atoms with Gasteiger partial charge in [0.2, 0.25) is 0 Å². The molecular formula is C13H20N4O2. The Kier molecular flexibility index (Phi) is 4.68. The zero-order chi connectivity index (χ0) is 13.7. The maximum absolute atomic E-state index is 12.3. The van der Waals surface area contributed by atoms with Crippen molar-refractivity contribution >= 4 is 11.7 Å². The van der Waals surface area contributed by atoms with E-state index in [0.717, 1.165) is 13.0 Å². The van der Waals surface area contributed by atoms with Crippen LogP contribution in [0.25, 0.3) is 0 Å². The SMILES string of the molecule is CCCNc1cnc(C(=O)N2CCOCC2C)cn1. The average Bonchev–Trinajstić information content (AvgIpc) is 2.45. The number of morpholine rings is 1. The van der Waals surface area contributed by atoms with Crippen LogP contribution >= 0.6 is 0 Å². The van der Waals surface area contributed by atoms with Crippen molar-refractivity contribution in [1.29, 1.82) is 0 Å². The predicted octanol–water partition coefficient (Wildman–Crippen LogP) is 1.16. The second kappa shape index (κ2) is 6.47. The van der Waals surface area contributed by atoms with Crippen LogP contribution in [0.15, 0.2) is 12.4 Å². The minimum absolute atomic E-state index is 0.0784. The molecule has 2 heterocycles. The molecule has 0 aliphatic carbocycles. The highest BCUT2D eigenvalue weighted by molar-refractivity contribution is 5.92. The van der Waals surface area contributed by atoms with Gasteiger partial charge < -0.3 is 15.0 Å². The second-order valence-electron chi connectivity index (χ2n) is 4.64. The van der Waals surface area contributed by atoms with E-state index in [9.17, 15) is 4.79 Å². The highest BCUT2D eigenvalue weighted by atomic mass is 16.5. The fourth-order valence-corrected chi connectivity index (χ4v) is 1.96. The van der Waals surface area contributed by atoms with E-state index >= 15 is 0 Å². The third-order valence-corrected chi connectivity index (χ3v) is 3.06. The number of hydrogen-bond acceptors (Lipinski definition) is 5. The molecule has 1 N–H and O–H groups in total. The Hall–Kier alpha value is -1.69. The largest absolute Gasteiger partial charge is 0.377 e. The summed E-state index contributed by atoms with van der Waals surface area (Å²) in [6.07, 6.45) is 4.16. The lowest BCUT2D eigenvalue weighted by Crippen LogP contribution is -2.47. The van der Waals surface area contributed by atoms with Crippen LogP contribution in [-0.4, -0.2) is 53.1 Å². The molecule has 0 radical (unpaired) electrons. The van der Waals surface area contributed by atoms with Crippen LogP contribution in [0.2, 0.25) is 0 Å². The minimum Gasteiger partial charge on any atom is -0.377 e. The lowest BCUT2D eigenvalue weighted by atomic mass is 10.2. The lowest BCUT2D eigenvalue weighted by Gasteiger charge is -2.32. The first-order valence-corrected chi connectivity index (χ1v) is 6.67. The molecular weight excluding hydrogens is 244 g/mol. The van der Waals surface area contributed by atoms with Crippen molar-refractivity contribution in [2.75, 3.05) is 31.6 Å². The summed E-state index contributed by atoms with van der Waals surface area (Å²) in [6.45, 7) is 6.68. The number of hydrogen-bond donors (Lipinski definition) is 1. The number of aromatic nitrogens is 2. The number of ether oxygens (including phenoxy) is 1. The molecule has 1 unspecified atom stereocenters. The maximum atomic E-state index is 12.3. The first-order valence-electron chi connectivity index (χ1n) is 6.67. The van der Waals surface area contributed by atoms with E-state index in [-0.39, 0.29) is 11.9 Å². The van der Waals surface area contributed by atoms with Gasteiger partial charge in [0, 0.05) is 13.1 Å². The Labute approximate surface area is 113 Å². The van der Waals surface area contributed by atoms with Crippen LogP contribution in [0, 0.1) is 0 Å². The summed E-state index contributed by atoms with van der Waals surface area (Å²) in [5.74, 6) is 0.624. The van der Waals surface area contributed by atoms with Gasteiger partial charge in [-0.25, -0.2) is 9.97 Å². The number of nitrogens with one attached hydrogen (secondary N) is 1. The number of anilines is 1. The molecule has 104 valence electrons. The van der Waals surface area contributed by atoms with E-state index < -0.39 is 0 Å². The molecule has 1 saturated heterocycles. The van der Waals surface area contributed by atoms with Crippen molar-refractivity contribution in [1.82, 2.24) is 14.9 Å². The van der Waals surface area contributed by atoms with Crippen LogP contribution < -0.4 is 5.32 Å². The van der Waals surface area contributed by atoms with E-state index in [1.54, 1.807) is 11.1 Å². The quantitative estimate of drug-likeness (QED) is 0.884. The Balaban J connectivity index is 2.02. The normalized spacial score (nSPS) is 19.3. The second-order valence-corrected chi connectivity index (χ2v) is 4.64. The van der Waals surface area contributed by atoms with Gasteiger partial charge in [-0.05, 0) is 13.3 Å². The highest BCUT2D eigenvalue weighted by Crippen LogP contribution is 2.11. The standard InChI is InChI=1S/C13H20N4O2/c1-3-4-14-12-8-15-11(7-16-12)13(18)17-5-6-19-9-10(17)2/h7-8,10H,3-6,9H2,1-2H3,(H,14,16). The predicted molar refractivity (Wildman–Crippen MR) is 72.1 cm³/mol. The number of carbonyl (C=O) groups is 1. The molecule has 0 saturated carbocycles. The summed E-state index contributed by atoms with van der Waals surface area (Å²) in [5, 5.41) is 3.13. The summed E-state index contributed by atoms with van der Waals surface area (Å²) >= 11 is 0. The van der Waals surface area contributed by atoms with E-state index in [1.165, 1.54) is 6.20 Å². The number of carbonyl (C=O) groups excluding carboxylic acids is 1. The van der Waals surface area contributed by atoms with E-state index in [2.05, 4.69) is 22.2 Å². The molecule has 0 aromatic carbocycles. The molecule has 0 bridgehead atoms. The minimum atomic E-state index is -0.0784. The molecule has 1 aliphatic rings. The highest BCUT2D eigenvalue weighted by Gasteiger charge is 2.25. The molecule has 1 aromatic heterocycles. The molecule has 1 atom stereocenters. The average molecular weight is 264 g/mol. The topological polar surface area (TPSA) is 67.4 Å². The van der Waals surface area contributed by atoms with Crippen LogP contribution in [0.1, 0.15) is 30.8 Å². The summed E-state index contributed by atoms with van der Waals surface area (Å²) in [4.78, 5) is 22.5. The van der Waals surface area contributed by atoms with E-state index in [1.807, 2.05) is 6.92 Å². The van der Waals surface area contributed by atoms with Crippen molar-refractivity contribution in [3.05, 3.63) is 18.1 Å². The van der Waals surface area contributed by atoms with Crippen molar-refractivity contribution in [3.63, 3.8) is 0 Å². The third-order valence-electron chi connectivity index (χ3n) is 3.06. The van der Waals surface area contributed by atoms with Crippen LogP contribution in [0.3, 0.4) is 0 Å². The number of nitrogens with zero attached hydrogens (tertiary/aromatic N) is 3. The Bertz CT molecular complexity index is 421. The van der Waals surface area contributed by atoms with Crippen LogP contribution in [-0.2, 0) is 4.74 Å². The van der Waals surface area contributed by atoms with Gasteiger partial charge in [-0.1, -0.05) is 6.92 Å². The van der Waals surface area contributed by atoms with Crippen molar-refractivity contribution in [3.8, 4) is 0 Å². The van der Waals surface area contributed by atoms with Gasteiger partial charge in [0.25, 0.3) is 5.91 Å². The molecule has 6 heteroatoms. The summed E-state index contributed by atoms with van der Waals surface area (Å²) < 4.78 is 5.32. The van der Waals surface area contributed by atoms with Gasteiger partial charge in [0.1, 0.15) is 11.5 Å². The molecule has 1 fully saturated rings. The number of rotatable bonds is 4. The van der Waals surface area contributed by atoms with E-state index in [4.69, 9.17) is 4.74 Å². The van der Waals surface area contributed by atoms with Gasteiger partial charge in [0.15, 0.2) is 0 Å². The van der Waals surface area contributed by atoms with Gasteiger partial charge in [-0.15, -0.1) is 0 Å². The first-order chi connectivity index (χ1) is 9.22. The fourth-order valence-electron chi connectivity index (χ4n) is 1.96. The zero-order valence-corrected chi connectivity index (χ0v) is 11.4. The van der Waals surface area contributed by atoms with Crippen molar-refractivity contribution < 1.29 is 9.53 Å². The molecule has 19 heavy (non-hydrogen) atoms. The summed E-state index contributed by atoms with van der Waals surface area (Å²) in [6, 6.07) is 0.0842. The molecule has 1 amide bonds. The first kappa shape index (κ1) is 13.7. The Morgan fingerprint density at radius 1 is 1.53 bits per heavy atom. The Morgan fingerprint density at radius 3 is 3.00 bits per heavy atom. The summed E-state index contributed by atoms with van der Waals surface area (Å²) in [5.41, 5.74) is 0.385. The number of amides is 1. The molecule has 2 rings (SSSR count). The molecule has 0 spiro atoms. The summed E-state index contributed by atoms with van der Waals surface area (Å²) in [7, 11) is 0. The van der Waals surface area contributed by atoms with Gasteiger partial charge in [0.05, 0.1) is 31.6 Å². The monoisotopic (exact) mass is 264 g/mol.